The van der Waals surface area contributed by atoms with Crippen LogP contribution in [0, 0.1) is 18.7 Å². The highest BCUT2D eigenvalue weighted by atomic mass is 19.1. The number of hydrogen-bond acceptors (Lipinski definition) is 3. The van der Waals surface area contributed by atoms with Gasteiger partial charge in [-0.05, 0) is 70.3 Å². The lowest BCUT2D eigenvalue weighted by molar-refractivity contribution is 0.0922. The van der Waals surface area contributed by atoms with Crippen LogP contribution in [0.15, 0.2) is 30.5 Å². The molecular weight excluding hydrogens is 331 g/mol. The molecule has 1 saturated heterocycles. The van der Waals surface area contributed by atoms with Crippen molar-refractivity contribution in [1.82, 2.24) is 20.0 Å². The van der Waals surface area contributed by atoms with Crippen LogP contribution < -0.4 is 5.32 Å². The number of likely N-dealkylation sites (tertiary alicyclic amines) is 1. The highest BCUT2D eigenvalue weighted by molar-refractivity contribution is 5.95. The number of aromatic nitrogens is 2. The summed E-state index contributed by atoms with van der Waals surface area (Å²) in [6, 6.07) is 6.63. The normalized spacial score (nSPS) is 18.3. The van der Waals surface area contributed by atoms with Crippen LogP contribution in [-0.2, 0) is 0 Å². The van der Waals surface area contributed by atoms with Crippen LogP contribution in [-0.4, -0.2) is 46.3 Å². The van der Waals surface area contributed by atoms with Gasteiger partial charge in [0.2, 0.25) is 0 Å². The highest BCUT2D eigenvalue weighted by Crippen LogP contribution is 2.18. The zero-order valence-electron chi connectivity index (χ0n) is 15.7. The highest BCUT2D eigenvalue weighted by Gasteiger charge is 2.23. The van der Waals surface area contributed by atoms with Gasteiger partial charge >= 0.3 is 0 Å². The van der Waals surface area contributed by atoms with E-state index in [0.717, 1.165) is 30.9 Å². The van der Waals surface area contributed by atoms with Gasteiger partial charge in [-0.25, -0.2) is 9.07 Å². The molecule has 0 unspecified atom stereocenters. The quantitative estimate of drug-likeness (QED) is 0.893. The summed E-state index contributed by atoms with van der Waals surface area (Å²) in [5.74, 6) is 0.0968. The first-order chi connectivity index (χ1) is 12.5. The zero-order valence-corrected chi connectivity index (χ0v) is 15.7. The smallest absolute Gasteiger partial charge is 0.254 e. The number of carbonyl (C=O) groups excluding carboxylic acids is 1. The number of halogens is 1. The van der Waals surface area contributed by atoms with E-state index in [2.05, 4.69) is 29.2 Å². The Bertz CT molecular complexity index is 754. The van der Waals surface area contributed by atoms with Crippen molar-refractivity contribution in [2.45, 2.75) is 39.7 Å². The fraction of sp³-hybridized carbons (Fsp3) is 0.500. The monoisotopic (exact) mass is 358 g/mol. The van der Waals surface area contributed by atoms with Gasteiger partial charge in [-0.15, -0.1) is 0 Å². The molecule has 1 fully saturated rings. The summed E-state index contributed by atoms with van der Waals surface area (Å²) >= 11 is 0. The largest absolute Gasteiger partial charge is 0.352 e. The number of rotatable bonds is 5. The molecule has 0 aliphatic carbocycles. The second-order valence-electron chi connectivity index (χ2n) is 7.34. The summed E-state index contributed by atoms with van der Waals surface area (Å²) in [7, 11) is 0. The molecule has 1 aliphatic rings. The van der Waals surface area contributed by atoms with Crippen molar-refractivity contribution in [2.75, 3.05) is 19.6 Å². The molecule has 1 atom stereocenters. The van der Waals surface area contributed by atoms with Crippen LogP contribution in [0.3, 0.4) is 0 Å². The van der Waals surface area contributed by atoms with Crippen LogP contribution in [0.5, 0.6) is 0 Å². The predicted octanol–water partition coefficient (Wildman–Crippen LogP) is 3.17. The van der Waals surface area contributed by atoms with E-state index in [0.29, 0.717) is 24.1 Å². The van der Waals surface area contributed by atoms with E-state index >= 15 is 0 Å². The van der Waals surface area contributed by atoms with Crippen LogP contribution in [0.4, 0.5) is 4.39 Å². The Balaban J connectivity index is 1.63. The van der Waals surface area contributed by atoms with E-state index in [1.54, 1.807) is 23.0 Å². The minimum atomic E-state index is -0.292. The lowest BCUT2D eigenvalue weighted by Crippen LogP contribution is -2.43. The molecule has 6 heteroatoms. The molecule has 140 valence electrons. The Hall–Kier alpha value is -2.21. The Morgan fingerprint density at radius 3 is 2.77 bits per heavy atom. The van der Waals surface area contributed by atoms with Crippen LogP contribution in [0.1, 0.15) is 42.7 Å². The van der Waals surface area contributed by atoms with Gasteiger partial charge in [0.1, 0.15) is 5.82 Å². The van der Waals surface area contributed by atoms with Gasteiger partial charge in [0.05, 0.1) is 23.1 Å². The molecule has 0 saturated carbocycles. The first kappa shape index (κ1) is 18.6. The molecule has 2 heterocycles. The van der Waals surface area contributed by atoms with Crippen LogP contribution in [0.2, 0.25) is 0 Å². The molecule has 2 aromatic rings. The molecule has 1 aromatic heterocycles. The van der Waals surface area contributed by atoms with E-state index in [9.17, 15) is 9.18 Å². The topological polar surface area (TPSA) is 50.2 Å². The van der Waals surface area contributed by atoms with Gasteiger partial charge in [-0.1, -0.05) is 0 Å². The maximum absolute atomic E-state index is 13.1. The first-order valence-corrected chi connectivity index (χ1v) is 9.28. The summed E-state index contributed by atoms with van der Waals surface area (Å²) in [4.78, 5) is 15.1. The average Bonchev–Trinajstić information content (AvgIpc) is 3.02. The lowest BCUT2D eigenvalue weighted by Gasteiger charge is -2.35. The SMILES string of the molecule is Cc1c(C(=O)NC[C@H]2CCCN(C(C)C)C2)cnn1-c1ccc(F)cc1. The van der Waals surface area contributed by atoms with Gasteiger partial charge in [0.15, 0.2) is 0 Å². The van der Waals surface area contributed by atoms with Gasteiger partial charge in [-0.2, -0.15) is 5.10 Å². The number of hydrogen-bond donors (Lipinski definition) is 1. The molecule has 3 rings (SSSR count). The number of carbonyl (C=O) groups is 1. The summed E-state index contributed by atoms with van der Waals surface area (Å²) in [6.45, 7) is 9.15. The van der Waals surface area contributed by atoms with Crippen LogP contribution >= 0.6 is 0 Å². The van der Waals surface area contributed by atoms with E-state index in [4.69, 9.17) is 0 Å². The third-order valence-electron chi connectivity index (χ3n) is 5.16. The van der Waals surface area contributed by atoms with Crippen molar-refractivity contribution in [3.8, 4) is 5.69 Å². The Morgan fingerprint density at radius 2 is 2.08 bits per heavy atom. The van der Waals surface area contributed by atoms with Gasteiger partial charge < -0.3 is 10.2 Å². The van der Waals surface area contributed by atoms with Gasteiger partial charge in [-0.3, -0.25) is 4.79 Å². The van der Waals surface area contributed by atoms with Gasteiger partial charge in [0, 0.05) is 19.1 Å². The van der Waals surface area contributed by atoms with Crippen LogP contribution in [0.25, 0.3) is 5.69 Å². The van der Waals surface area contributed by atoms with Crippen molar-refractivity contribution in [3.63, 3.8) is 0 Å². The molecule has 0 bridgehead atoms. The second kappa shape index (κ2) is 7.99. The number of nitrogens with zero attached hydrogens (tertiary/aromatic N) is 3. The second-order valence-corrected chi connectivity index (χ2v) is 7.34. The van der Waals surface area contributed by atoms with Crippen molar-refractivity contribution in [3.05, 3.63) is 47.5 Å². The summed E-state index contributed by atoms with van der Waals surface area (Å²) in [6.07, 6.45) is 3.91. The van der Waals surface area contributed by atoms with E-state index in [1.807, 2.05) is 6.92 Å². The maximum Gasteiger partial charge on any atom is 0.254 e. The molecule has 1 amide bonds. The minimum absolute atomic E-state index is 0.0995. The summed E-state index contributed by atoms with van der Waals surface area (Å²) < 4.78 is 14.8. The number of benzene rings is 1. The Labute approximate surface area is 154 Å². The fourth-order valence-corrected chi connectivity index (χ4v) is 3.54. The van der Waals surface area contributed by atoms with Crippen molar-refractivity contribution in [2.24, 2.45) is 5.92 Å². The third-order valence-corrected chi connectivity index (χ3v) is 5.16. The lowest BCUT2D eigenvalue weighted by atomic mass is 9.97. The zero-order chi connectivity index (χ0) is 18.7. The predicted molar refractivity (Wildman–Crippen MR) is 100 cm³/mol. The van der Waals surface area contributed by atoms with Gasteiger partial charge in [0.25, 0.3) is 5.91 Å². The molecule has 1 aliphatic heterocycles. The van der Waals surface area contributed by atoms with E-state index in [1.165, 1.54) is 18.6 Å². The van der Waals surface area contributed by atoms with Crippen molar-refractivity contribution >= 4 is 5.91 Å². The number of nitrogens with one attached hydrogen (secondary N) is 1. The average molecular weight is 358 g/mol. The minimum Gasteiger partial charge on any atom is -0.352 e. The molecule has 0 radical (unpaired) electrons. The van der Waals surface area contributed by atoms with Crippen molar-refractivity contribution < 1.29 is 9.18 Å². The molecule has 5 nitrogen and oxygen atoms in total. The summed E-state index contributed by atoms with van der Waals surface area (Å²) in [5, 5.41) is 7.36. The first-order valence-electron chi connectivity index (χ1n) is 9.28. The molecule has 1 N–H and O–H groups in total. The maximum atomic E-state index is 13.1. The standard InChI is InChI=1S/C20H27FN4O/c1-14(2)24-10-4-5-16(13-24)11-22-20(26)19-12-23-25(15(19)3)18-8-6-17(21)7-9-18/h6-9,12,14,16H,4-5,10-11,13H2,1-3H3,(H,22,26)/t16-/m1/s1. The van der Waals surface area contributed by atoms with Crippen molar-refractivity contribution in [1.29, 1.82) is 0 Å². The Kier molecular flexibility index (Phi) is 5.71. The molecular formula is C20H27FN4O. The fourth-order valence-electron chi connectivity index (χ4n) is 3.54. The van der Waals surface area contributed by atoms with E-state index in [-0.39, 0.29) is 11.7 Å². The number of piperidine rings is 1. The molecule has 1 aromatic carbocycles. The Morgan fingerprint density at radius 1 is 1.35 bits per heavy atom. The third kappa shape index (κ3) is 4.12. The molecule has 0 spiro atoms. The van der Waals surface area contributed by atoms with E-state index < -0.39 is 0 Å². The summed E-state index contributed by atoms with van der Waals surface area (Å²) in [5.41, 5.74) is 2.05. The number of amides is 1. The molecule has 26 heavy (non-hydrogen) atoms.